The standard InChI is InChI=1S/C21H22N2O3/c1-3-15-4-10-19(11-5-15)23-13-17(12-20(23)25)21(26)22-18-8-6-16(7-9-18)14(2)24/h4-11,17H,3,12-13H2,1-2H3,(H,22,26)/t17-/m1/s1. The van der Waals surface area contributed by atoms with Gasteiger partial charge in [0.05, 0.1) is 5.92 Å². The predicted molar refractivity (Wildman–Crippen MR) is 101 cm³/mol. The monoisotopic (exact) mass is 350 g/mol. The van der Waals surface area contributed by atoms with Gasteiger partial charge in [0.15, 0.2) is 5.78 Å². The second-order valence-electron chi connectivity index (χ2n) is 6.55. The lowest BCUT2D eigenvalue weighted by molar-refractivity contribution is -0.122. The first-order valence-electron chi connectivity index (χ1n) is 8.79. The Morgan fingerprint density at radius 2 is 1.73 bits per heavy atom. The van der Waals surface area contributed by atoms with E-state index in [1.165, 1.54) is 12.5 Å². The maximum Gasteiger partial charge on any atom is 0.229 e. The van der Waals surface area contributed by atoms with Crippen molar-refractivity contribution in [3.05, 3.63) is 59.7 Å². The van der Waals surface area contributed by atoms with E-state index in [9.17, 15) is 14.4 Å². The van der Waals surface area contributed by atoms with Crippen LogP contribution in [-0.4, -0.2) is 24.1 Å². The number of nitrogens with one attached hydrogen (secondary N) is 1. The topological polar surface area (TPSA) is 66.5 Å². The van der Waals surface area contributed by atoms with E-state index in [4.69, 9.17) is 0 Å². The number of hydrogen-bond acceptors (Lipinski definition) is 3. The molecule has 0 unspecified atom stereocenters. The molecule has 3 rings (SSSR count). The molecule has 2 aromatic rings. The zero-order valence-electron chi connectivity index (χ0n) is 15.0. The Bertz CT molecular complexity index is 825. The molecule has 0 saturated carbocycles. The molecule has 1 saturated heterocycles. The van der Waals surface area contributed by atoms with Gasteiger partial charge >= 0.3 is 0 Å². The number of Topliss-reactive ketones (excluding diaryl/α,β-unsaturated/α-hetero) is 1. The van der Waals surface area contributed by atoms with Crippen LogP contribution < -0.4 is 10.2 Å². The largest absolute Gasteiger partial charge is 0.326 e. The van der Waals surface area contributed by atoms with Gasteiger partial charge in [0.25, 0.3) is 0 Å². The van der Waals surface area contributed by atoms with E-state index in [1.54, 1.807) is 29.2 Å². The molecule has 5 nitrogen and oxygen atoms in total. The van der Waals surface area contributed by atoms with Crippen LogP contribution in [0.15, 0.2) is 48.5 Å². The SMILES string of the molecule is CCc1ccc(N2C[C@H](C(=O)Nc3ccc(C(C)=O)cc3)CC2=O)cc1. The molecule has 134 valence electrons. The number of aryl methyl sites for hydroxylation is 1. The lowest BCUT2D eigenvalue weighted by atomic mass is 10.1. The van der Waals surface area contributed by atoms with Gasteiger partial charge in [-0.3, -0.25) is 14.4 Å². The minimum Gasteiger partial charge on any atom is -0.326 e. The van der Waals surface area contributed by atoms with E-state index in [-0.39, 0.29) is 29.9 Å². The van der Waals surface area contributed by atoms with Gasteiger partial charge in [-0.05, 0) is 55.3 Å². The van der Waals surface area contributed by atoms with Crippen molar-refractivity contribution in [3.8, 4) is 0 Å². The molecule has 0 radical (unpaired) electrons. The van der Waals surface area contributed by atoms with Gasteiger partial charge in [0, 0.05) is 29.9 Å². The van der Waals surface area contributed by atoms with Crippen LogP contribution in [0.25, 0.3) is 0 Å². The Labute approximate surface area is 153 Å². The van der Waals surface area contributed by atoms with E-state index in [0.717, 1.165) is 12.1 Å². The summed E-state index contributed by atoms with van der Waals surface area (Å²) in [5, 5.41) is 2.83. The molecular formula is C21H22N2O3. The van der Waals surface area contributed by atoms with Gasteiger partial charge in [-0.15, -0.1) is 0 Å². The Morgan fingerprint density at radius 3 is 2.31 bits per heavy atom. The van der Waals surface area contributed by atoms with Gasteiger partial charge in [-0.1, -0.05) is 19.1 Å². The quantitative estimate of drug-likeness (QED) is 0.840. The van der Waals surface area contributed by atoms with Gasteiger partial charge in [0.2, 0.25) is 11.8 Å². The Kier molecular flexibility index (Phi) is 5.16. The number of hydrogen-bond donors (Lipinski definition) is 1. The molecule has 0 bridgehead atoms. The number of nitrogens with zero attached hydrogens (tertiary/aromatic N) is 1. The molecule has 5 heteroatoms. The molecule has 1 heterocycles. The van der Waals surface area contributed by atoms with Crippen LogP contribution in [0.1, 0.15) is 36.2 Å². The number of ketones is 1. The number of benzene rings is 2. The average molecular weight is 350 g/mol. The first kappa shape index (κ1) is 17.9. The summed E-state index contributed by atoms with van der Waals surface area (Å²) in [6, 6.07) is 14.6. The van der Waals surface area contributed by atoms with Crippen molar-refractivity contribution in [3.63, 3.8) is 0 Å². The summed E-state index contributed by atoms with van der Waals surface area (Å²) in [6.45, 7) is 3.96. The molecule has 2 amide bonds. The number of carbonyl (C=O) groups excluding carboxylic acids is 3. The van der Waals surface area contributed by atoms with Gasteiger partial charge in [-0.2, -0.15) is 0 Å². The minimum atomic E-state index is -0.388. The number of amides is 2. The van der Waals surface area contributed by atoms with Gasteiger partial charge < -0.3 is 10.2 Å². The molecule has 1 aliphatic heterocycles. The highest BCUT2D eigenvalue weighted by Gasteiger charge is 2.35. The third-order valence-corrected chi connectivity index (χ3v) is 4.71. The number of carbonyl (C=O) groups is 3. The van der Waals surface area contributed by atoms with Crippen LogP contribution in [0.5, 0.6) is 0 Å². The molecule has 1 atom stereocenters. The fourth-order valence-electron chi connectivity index (χ4n) is 3.08. The molecule has 0 aliphatic carbocycles. The van der Waals surface area contributed by atoms with Crippen LogP contribution in [0.2, 0.25) is 0 Å². The number of anilines is 2. The Balaban J connectivity index is 1.65. The number of rotatable bonds is 5. The summed E-state index contributed by atoms with van der Waals surface area (Å²) >= 11 is 0. The van der Waals surface area contributed by atoms with Crippen LogP contribution in [0.4, 0.5) is 11.4 Å². The Hall–Kier alpha value is -2.95. The first-order valence-corrected chi connectivity index (χ1v) is 8.79. The second-order valence-corrected chi connectivity index (χ2v) is 6.55. The average Bonchev–Trinajstić information content (AvgIpc) is 3.04. The molecule has 1 aliphatic rings. The van der Waals surface area contributed by atoms with E-state index in [0.29, 0.717) is 17.8 Å². The van der Waals surface area contributed by atoms with E-state index in [1.807, 2.05) is 24.3 Å². The van der Waals surface area contributed by atoms with Crippen molar-refractivity contribution < 1.29 is 14.4 Å². The van der Waals surface area contributed by atoms with Crippen LogP contribution >= 0.6 is 0 Å². The van der Waals surface area contributed by atoms with Crippen molar-refractivity contribution in [2.75, 3.05) is 16.8 Å². The highest BCUT2D eigenvalue weighted by atomic mass is 16.2. The third kappa shape index (κ3) is 3.82. The molecule has 2 aromatic carbocycles. The van der Waals surface area contributed by atoms with Crippen LogP contribution in [0.3, 0.4) is 0 Å². The predicted octanol–water partition coefficient (Wildman–Crippen LogP) is 3.44. The summed E-state index contributed by atoms with van der Waals surface area (Å²) in [5.41, 5.74) is 3.26. The third-order valence-electron chi connectivity index (χ3n) is 4.71. The van der Waals surface area contributed by atoms with Crippen molar-refractivity contribution >= 4 is 29.0 Å². The van der Waals surface area contributed by atoms with Gasteiger partial charge in [0.1, 0.15) is 0 Å². The van der Waals surface area contributed by atoms with Crippen LogP contribution in [-0.2, 0) is 16.0 Å². The maximum absolute atomic E-state index is 12.5. The fraction of sp³-hybridized carbons (Fsp3) is 0.286. The van der Waals surface area contributed by atoms with Crippen molar-refractivity contribution in [2.45, 2.75) is 26.7 Å². The minimum absolute atomic E-state index is 0.0194. The second kappa shape index (κ2) is 7.52. The molecule has 0 aromatic heterocycles. The summed E-state index contributed by atoms with van der Waals surface area (Å²) in [7, 11) is 0. The lowest BCUT2D eigenvalue weighted by Crippen LogP contribution is -2.28. The summed E-state index contributed by atoms with van der Waals surface area (Å²) in [4.78, 5) is 37.8. The fourth-order valence-corrected chi connectivity index (χ4v) is 3.08. The molecule has 0 spiro atoms. The summed E-state index contributed by atoms with van der Waals surface area (Å²) < 4.78 is 0. The normalized spacial score (nSPS) is 16.6. The van der Waals surface area contributed by atoms with Crippen molar-refractivity contribution in [2.24, 2.45) is 5.92 Å². The Morgan fingerprint density at radius 1 is 1.08 bits per heavy atom. The first-order chi connectivity index (χ1) is 12.5. The molecule has 26 heavy (non-hydrogen) atoms. The lowest BCUT2D eigenvalue weighted by Gasteiger charge is -2.17. The zero-order chi connectivity index (χ0) is 18.7. The zero-order valence-corrected chi connectivity index (χ0v) is 15.0. The summed E-state index contributed by atoms with van der Waals surface area (Å²) in [6.07, 6.45) is 1.15. The highest BCUT2D eigenvalue weighted by Crippen LogP contribution is 2.26. The van der Waals surface area contributed by atoms with Crippen molar-refractivity contribution in [1.82, 2.24) is 0 Å². The smallest absolute Gasteiger partial charge is 0.229 e. The summed E-state index contributed by atoms with van der Waals surface area (Å²) in [5.74, 6) is -0.627. The van der Waals surface area contributed by atoms with Crippen molar-refractivity contribution in [1.29, 1.82) is 0 Å². The highest BCUT2D eigenvalue weighted by molar-refractivity contribution is 6.03. The van der Waals surface area contributed by atoms with E-state index in [2.05, 4.69) is 12.2 Å². The molecular weight excluding hydrogens is 328 g/mol. The van der Waals surface area contributed by atoms with E-state index < -0.39 is 0 Å². The van der Waals surface area contributed by atoms with E-state index >= 15 is 0 Å². The molecule has 1 fully saturated rings. The maximum atomic E-state index is 12.5. The van der Waals surface area contributed by atoms with Gasteiger partial charge in [-0.25, -0.2) is 0 Å². The van der Waals surface area contributed by atoms with Crippen LogP contribution in [0, 0.1) is 5.92 Å². The molecule has 1 N–H and O–H groups in total.